The molecule has 8 N–H and O–H groups in total. The van der Waals surface area contributed by atoms with Crippen molar-refractivity contribution in [3.8, 4) is 5.75 Å². The first-order valence-electron chi connectivity index (χ1n) is 14.6. The second kappa shape index (κ2) is 18.3. The molecule has 0 bridgehead atoms. The minimum Gasteiger partial charge on any atom is -0.406 e. The molecule has 1 aliphatic rings. The van der Waals surface area contributed by atoms with E-state index in [2.05, 4.69) is 15.4 Å². The van der Waals surface area contributed by atoms with Crippen LogP contribution in [0.2, 0.25) is 0 Å². The van der Waals surface area contributed by atoms with E-state index >= 15 is 0 Å². The standard InChI is InChI=1S/C28H44F3N7O5/c29-28(30,31)43-22-9-7-21(8-10-22)38(19-39)17-14-35-27(42)24(11-6-20-4-2-1-3-5-20)36-26(41)23(34)18-25(40)37(15-12-32)16-13-33/h7-10,19-20,23-24H,1-6,11-18,32-34H2,(H,35,42)(H,36,41)/t23-,24-/m0/s1. The molecule has 4 amide bonds. The van der Waals surface area contributed by atoms with Gasteiger partial charge in [-0.25, -0.2) is 0 Å². The van der Waals surface area contributed by atoms with Crippen molar-refractivity contribution in [3.05, 3.63) is 24.3 Å². The van der Waals surface area contributed by atoms with Gasteiger partial charge in [-0.05, 0) is 43.0 Å². The molecular formula is C28H44F3N7O5. The minimum atomic E-state index is -4.84. The number of benzene rings is 1. The lowest BCUT2D eigenvalue weighted by atomic mass is 9.85. The Hall–Kier alpha value is -3.43. The normalized spacial score (nSPS) is 15.2. The molecule has 0 heterocycles. The predicted octanol–water partition coefficient (Wildman–Crippen LogP) is 0.973. The number of nitrogens with zero attached hydrogens (tertiary/aromatic N) is 2. The van der Waals surface area contributed by atoms with Crippen molar-refractivity contribution in [1.29, 1.82) is 0 Å². The molecule has 0 unspecified atom stereocenters. The van der Waals surface area contributed by atoms with E-state index in [0.29, 0.717) is 24.4 Å². The molecular weight excluding hydrogens is 571 g/mol. The third kappa shape index (κ3) is 13.2. The molecule has 2 rings (SSSR count). The lowest BCUT2D eigenvalue weighted by Crippen LogP contribution is -2.53. The topological polar surface area (TPSA) is 186 Å². The van der Waals surface area contributed by atoms with Gasteiger partial charge in [0.15, 0.2) is 0 Å². The number of amides is 4. The number of ether oxygens (including phenoxy) is 1. The Bertz CT molecular complexity index is 1020. The molecule has 0 spiro atoms. The Morgan fingerprint density at radius 1 is 1.00 bits per heavy atom. The van der Waals surface area contributed by atoms with Gasteiger partial charge in [0.2, 0.25) is 24.1 Å². The first-order chi connectivity index (χ1) is 20.5. The first-order valence-corrected chi connectivity index (χ1v) is 14.6. The van der Waals surface area contributed by atoms with Crippen LogP contribution in [0.3, 0.4) is 0 Å². The van der Waals surface area contributed by atoms with Crippen LogP contribution in [0.1, 0.15) is 51.4 Å². The van der Waals surface area contributed by atoms with Gasteiger partial charge in [-0.3, -0.25) is 19.2 Å². The van der Waals surface area contributed by atoms with E-state index in [1.165, 1.54) is 28.4 Å². The summed E-state index contributed by atoms with van der Waals surface area (Å²) < 4.78 is 41.1. The van der Waals surface area contributed by atoms with Crippen molar-refractivity contribution in [1.82, 2.24) is 15.5 Å². The van der Waals surface area contributed by atoms with Crippen LogP contribution in [0.5, 0.6) is 5.75 Å². The van der Waals surface area contributed by atoms with Crippen LogP contribution in [0.15, 0.2) is 24.3 Å². The maximum atomic E-state index is 13.2. The lowest BCUT2D eigenvalue weighted by molar-refractivity contribution is -0.274. The molecule has 242 valence electrons. The molecule has 1 aromatic carbocycles. The van der Waals surface area contributed by atoms with Crippen LogP contribution in [0.25, 0.3) is 0 Å². The van der Waals surface area contributed by atoms with Crippen molar-refractivity contribution in [3.63, 3.8) is 0 Å². The minimum absolute atomic E-state index is 0.00581. The smallest absolute Gasteiger partial charge is 0.406 e. The van der Waals surface area contributed by atoms with Gasteiger partial charge in [-0.1, -0.05) is 32.1 Å². The van der Waals surface area contributed by atoms with Crippen molar-refractivity contribution in [2.45, 2.75) is 69.8 Å². The third-order valence-electron chi connectivity index (χ3n) is 7.28. The maximum Gasteiger partial charge on any atom is 0.573 e. The Balaban J connectivity index is 1.99. The fourth-order valence-corrected chi connectivity index (χ4v) is 5.01. The Kier molecular flexibility index (Phi) is 15.2. The highest BCUT2D eigenvalue weighted by Crippen LogP contribution is 2.28. The summed E-state index contributed by atoms with van der Waals surface area (Å²) in [5.74, 6) is -1.48. The number of hydrogen-bond donors (Lipinski definition) is 5. The summed E-state index contributed by atoms with van der Waals surface area (Å²) in [4.78, 5) is 53.0. The molecule has 12 nitrogen and oxygen atoms in total. The Morgan fingerprint density at radius 2 is 1.63 bits per heavy atom. The summed E-state index contributed by atoms with van der Waals surface area (Å²) in [6, 6.07) is 2.63. The number of nitrogens with one attached hydrogen (secondary N) is 2. The summed E-state index contributed by atoms with van der Waals surface area (Å²) in [5, 5.41) is 5.40. The van der Waals surface area contributed by atoms with Crippen LogP contribution < -0.4 is 37.5 Å². The SMILES string of the molecule is NCCN(CCN)C(=O)C[C@H](N)C(=O)N[C@@H](CCC1CCCCC1)C(=O)NCCN(C=O)c1ccc(OC(F)(F)F)cc1. The predicted molar refractivity (Wildman–Crippen MR) is 155 cm³/mol. The largest absolute Gasteiger partial charge is 0.573 e. The highest BCUT2D eigenvalue weighted by molar-refractivity contribution is 5.92. The van der Waals surface area contributed by atoms with Gasteiger partial charge in [0.05, 0.1) is 12.5 Å². The van der Waals surface area contributed by atoms with Gasteiger partial charge in [-0.15, -0.1) is 13.2 Å². The highest BCUT2D eigenvalue weighted by Gasteiger charge is 2.31. The van der Waals surface area contributed by atoms with E-state index in [0.717, 1.165) is 44.2 Å². The summed E-state index contributed by atoms with van der Waals surface area (Å²) in [6.07, 6.45) is 1.98. The number of rotatable bonds is 18. The highest BCUT2D eigenvalue weighted by atomic mass is 19.4. The van der Waals surface area contributed by atoms with Crippen molar-refractivity contribution in [2.24, 2.45) is 23.1 Å². The average Bonchev–Trinajstić information content (AvgIpc) is 2.97. The zero-order valence-electron chi connectivity index (χ0n) is 24.3. The zero-order chi connectivity index (χ0) is 31.8. The van der Waals surface area contributed by atoms with Crippen LogP contribution in [0, 0.1) is 5.92 Å². The molecule has 0 aliphatic heterocycles. The Labute approximate surface area is 249 Å². The van der Waals surface area contributed by atoms with Gasteiger partial charge in [-0.2, -0.15) is 0 Å². The molecule has 1 saturated carbocycles. The zero-order valence-corrected chi connectivity index (χ0v) is 24.3. The van der Waals surface area contributed by atoms with E-state index in [1.807, 2.05) is 0 Å². The van der Waals surface area contributed by atoms with Crippen molar-refractivity contribution >= 4 is 29.8 Å². The fraction of sp³-hybridized carbons (Fsp3) is 0.643. The number of nitrogens with two attached hydrogens (primary N) is 3. The summed E-state index contributed by atoms with van der Waals surface area (Å²) in [7, 11) is 0. The van der Waals surface area contributed by atoms with Gasteiger partial charge < -0.3 is 42.4 Å². The first kappa shape index (κ1) is 35.8. The number of carbonyl (C=O) groups excluding carboxylic acids is 4. The van der Waals surface area contributed by atoms with E-state index in [-0.39, 0.29) is 51.6 Å². The van der Waals surface area contributed by atoms with E-state index in [9.17, 15) is 32.3 Å². The molecule has 15 heteroatoms. The van der Waals surface area contributed by atoms with Crippen LogP contribution in [0.4, 0.5) is 18.9 Å². The molecule has 1 aromatic rings. The van der Waals surface area contributed by atoms with Crippen LogP contribution in [-0.2, 0) is 19.2 Å². The quantitative estimate of drug-likeness (QED) is 0.151. The van der Waals surface area contributed by atoms with Crippen molar-refractivity contribution in [2.75, 3.05) is 44.2 Å². The number of hydrogen-bond acceptors (Lipinski definition) is 8. The molecule has 0 saturated heterocycles. The van der Waals surface area contributed by atoms with E-state index < -0.39 is 36.0 Å². The molecule has 0 radical (unpaired) electrons. The monoisotopic (exact) mass is 615 g/mol. The molecule has 2 atom stereocenters. The van der Waals surface area contributed by atoms with E-state index in [1.54, 1.807) is 0 Å². The summed E-state index contributed by atoms with van der Waals surface area (Å²) >= 11 is 0. The summed E-state index contributed by atoms with van der Waals surface area (Å²) in [6.45, 7) is 1.04. The number of anilines is 1. The summed E-state index contributed by atoms with van der Waals surface area (Å²) in [5.41, 5.74) is 17.4. The third-order valence-corrected chi connectivity index (χ3v) is 7.28. The van der Waals surface area contributed by atoms with Crippen LogP contribution >= 0.6 is 0 Å². The van der Waals surface area contributed by atoms with Gasteiger partial charge >= 0.3 is 6.36 Å². The molecule has 43 heavy (non-hydrogen) atoms. The second-order valence-corrected chi connectivity index (χ2v) is 10.5. The molecule has 1 fully saturated rings. The average molecular weight is 616 g/mol. The van der Waals surface area contributed by atoms with Crippen LogP contribution in [-0.4, -0.2) is 86.7 Å². The number of carbonyl (C=O) groups is 4. The maximum absolute atomic E-state index is 13.2. The number of halogens is 3. The van der Waals surface area contributed by atoms with Gasteiger partial charge in [0.25, 0.3) is 0 Å². The van der Waals surface area contributed by atoms with Gasteiger partial charge in [0, 0.05) is 45.0 Å². The lowest BCUT2D eigenvalue weighted by Gasteiger charge is -2.26. The fourth-order valence-electron chi connectivity index (χ4n) is 5.01. The Morgan fingerprint density at radius 3 is 2.19 bits per heavy atom. The molecule has 0 aromatic heterocycles. The van der Waals surface area contributed by atoms with E-state index in [4.69, 9.17) is 17.2 Å². The van der Waals surface area contributed by atoms with Crippen molar-refractivity contribution < 1.29 is 37.1 Å². The number of alkyl halides is 3. The molecule has 1 aliphatic carbocycles. The second-order valence-electron chi connectivity index (χ2n) is 10.5. The van der Waals surface area contributed by atoms with Gasteiger partial charge in [0.1, 0.15) is 11.8 Å².